The Morgan fingerprint density at radius 1 is 1.17 bits per heavy atom. The Bertz CT molecular complexity index is 952. The van der Waals surface area contributed by atoms with E-state index < -0.39 is 0 Å². The van der Waals surface area contributed by atoms with Crippen molar-refractivity contribution in [3.8, 4) is 0 Å². The van der Waals surface area contributed by atoms with Crippen molar-refractivity contribution in [3.05, 3.63) is 56.3 Å². The first-order chi connectivity index (χ1) is 14.5. The molecule has 1 aromatic carbocycles. The fourth-order valence-electron chi connectivity index (χ4n) is 4.05. The molecule has 2 aromatic rings. The van der Waals surface area contributed by atoms with Crippen LogP contribution in [0.5, 0.6) is 0 Å². The number of carbonyl (C=O) groups excluding carboxylic acids is 2. The summed E-state index contributed by atoms with van der Waals surface area (Å²) in [7, 11) is 0. The molecule has 1 saturated heterocycles. The number of piperidine rings is 1. The van der Waals surface area contributed by atoms with Crippen molar-refractivity contribution in [3.63, 3.8) is 0 Å². The van der Waals surface area contributed by atoms with Crippen molar-refractivity contribution in [1.82, 2.24) is 4.90 Å². The maximum absolute atomic E-state index is 12.4. The van der Waals surface area contributed by atoms with Gasteiger partial charge in [-0.15, -0.1) is 11.3 Å². The third-order valence-corrected chi connectivity index (χ3v) is 6.77. The molecule has 0 atom stereocenters. The van der Waals surface area contributed by atoms with Gasteiger partial charge in [0.15, 0.2) is 6.61 Å². The van der Waals surface area contributed by atoms with E-state index in [1.165, 1.54) is 16.5 Å². The zero-order chi connectivity index (χ0) is 21.1. The first-order valence-corrected chi connectivity index (χ1v) is 10.9. The minimum Gasteiger partial charge on any atom is -0.455 e. The van der Waals surface area contributed by atoms with Crippen LogP contribution in [0.3, 0.4) is 0 Å². The minimum absolute atomic E-state index is 0.0689. The highest BCUT2D eigenvalue weighted by atomic mass is 32.1. The normalized spacial score (nSPS) is 16.8. The Kier molecular flexibility index (Phi) is 5.98. The molecule has 0 unspecified atom stereocenters. The summed E-state index contributed by atoms with van der Waals surface area (Å²) in [5, 5.41) is 13.3. The van der Waals surface area contributed by atoms with E-state index in [0.29, 0.717) is 44.7 Å². The number of carbonyl (C=O) groups is 2. The molecule has 0 spiro atoms. The van der Waals surface area contributed by atoms with E-state index in [2.05, 4.69) is 0 Å². The highest BCUT2D eigenvalue weighted by Gasteiger charge is 2.30. The van der Waals surface area contributed by atoms with E-state index in [4.69, 9.17) is 4.74 Å². The molecule has 0 aliphatic carbocycles. The molecule has 3 heterocycles. The Morgan fingerprint density at radius 2 is 1.93 bits per heavy atom. The van der Waals surface area contributed by atoms with Crippen molar-refractivity contribution < 1.29 is 19.2 Å². The van der Waals surface area contributed by atoms with Gasteiger partial charge < -0.3 is 14.5 Å². The van der Waals surface area contributed by atoms with E-state index >= 15 is 0 Å². The van der Waals surface area contributed by atoms with Gasteiger partial charge >= 0.3 is 5.97 Å². The molecule has 2 aliphatic rings. The smallest absolute Gasteiger partial charge is 0.309 e. The summed E-state index contributed by atoms with van der Waals surface area (Å²) in [4.78, 5) is 40.7. The second kappa shape index (κ2) is 8.83. The fourth-order valence-corrected chi connectivity index (χ4v) is 4.94. The Labute approximate surface area is 178 Å². The Balaban J connectivity index is 1.26. The number of hydrogen-bond acceptors (Lipinski definition) is 7. The van der Waals surface area contributed by atoms with Crippen molar-refractivity contribution in [2.24, 2.45) is 5.92 Å². The number of hydrogen-bond donors (Lipinski definition) is 0. The summed E-state index contributed by atoms with van der Waals surface area (Å²) in [5.74, 6) is -0.821. The average molecular weight is 429 g/mol. The number of benzene rings is 1. The monoisotopic (exact) mass is 429 g/mol. The number of esters is 1. The lowest BCUT2D eigenvalue weighted by Gasteiger charge is -2.32. The zero-order valence-corrected chi connectivity index (χ0v) is 17.3. The van der Waals surface area contributed by atoms with Crippen LogP contribution in [-0.4, -0.2) is 47.9 Å². The van der Waals surface area contributed by atoms with Gasteiger partial charge in [-0.25, -0.2) is 0 Å². The largest absolute Gasteiger partial charge is 0.455 e. The van der Waals surface area contributed by atoms with E-state index in [0.717, 1.165) is 6.42 Å². The topological polar surface area (TPSA) is 93.0 Å². The van der Waals surface area contributed by atoms with E-state index in [9.17, 15) is 19.7 Å². The molecule has 1 fully saturated rings. The molecule has 0 saturated carbocycles. The number of thiophene rings is 1. The van der Waals surface area contributed by atoms with Gasteiger partial charge in [0, 0.05) is 37.1 Å². The third-order valence-electron chi connectivity index (χ3n) is 5.75. The molecular formula is C21H23N3O5S. The van der Waals surface area contributed by atoms with Crippen LogP contribution >= 0.6 is 11.3 Å². The number of ether oxygens (including phenoxy) is 1. The Hall–Kier alpha value is -2.94. The predicted octanol–water partition coefficient (Wildman–Crippen LogP) is 3.00. The molecule has 1 amide bonds. The van der Waals surface area contributed by atoms with Crippen LogP contribution in [0, 0.1) is 16.0 Å². The molecule has 158 valence electrons. The van der Waals surface area contributed by atoms with Gasteiger partial charge in [0.25, 0.3) is 11.6 Å². The van der Waals surface area contributed by atoms with E-state index in [1.807, 2.05) is 16.3 Å². The van der Waals surface area contributed by atoms with Gasteiger partial charge in [0.05, 0.1) is 10.8 Å². The third kappa shape index (κ3) is 4.30. The number of nitro benzene ring substituents is 1. The van der Waals surface area contributed by atoms with Gasteiger partial charge in [-0.05, 0) is 42.3 Å². The van der Waals surface area contributed by atoms with Crippen LogP contribution in [0.1, 0.15) is 23.3 Å². The molecule has 2 aliphatic heterocycles. The molecule has 4 rings (SSSR count). The van der Waals surface area contributed by atoms with Crippen LogP contribution in [-0.2, 0) is 27.3 Å². The maximum atomic E-state index is 12.4. The van der Waals surface area contributed by atoms with Crippen LogP contribution in [0.2, 0.25) is 0 Å². The van der Waals surface area contributed by atoms with Gasteiger partial charge in [0.2, 0.25) is 0 Å². The second-order valence-corrected chi connectivity index (χ2v) is 8.55. The summed E-state index contributed by atoms with van der Waals surface area (Å²) >= 11 is 1.71. The van der Waals surface area contributed by atoms with Crippen molar-refractivity contribution >= 4 is 34.6 Å². The summed E-state index contributed by atoms with van der Waals surface area (Å²) < 4.78 is 5.31. The maximum Gasteiger partial charge on any atom is 0.309 e. The minimum atomic E-state index is -0.388. The molecule has 0 bridgehead atoms. The van der Waals surface area contributed by atoms with Gasteiger partial charge in [0.1, 0.15) is 5.69 Å². The molecule has 0 N–H and O–H groups in total. The summed E-state index contributed by atoms with van der Waals surface area (Å²) in [5.41, 5.74) is 1.81. The summed E-state index contributed by atoms with van der Waals surface area (Å²) in [6.45, 7) is 2.06. The molecule has 1 aromatic heterocycles. The predicted molar refractivity (Wildman–Crippen MR) is 112 cm³/mol. The highest BCUT2D eigenvalue weighted by molar-refractivity contribution is 7.10. The lowest BCUT2D eigenvalue weighted by molar-refractivity contribution is -0.384. The summed E-state index contributed by atoms with van der Waals surface area (Å²) in [6, 6.07) is 8.67. The Morgan fingerprint density at radius 3 is 2.70 bits per heavy atom. The number of anilines is 1. The molecule has 8 nitrogen and oxygen atoms in total. The first kappa shape index (κ1) is 20.3. The zero-order valence-electron chi connectivity index (χ0n) is 16.5. The average Bonchev–Trinajstić information content (AvgIpc) is 3.25. The summed E-state index contributed by atoms with van der Waals surface area (Å²) in [6.07, 6.45) is 1.93. The lowest BCUT2D eigenvalue weighted by atomic mass is 9.96. The van der Waals surface area contributed by atoms with Gasteiger partial charge in [-0.3, -0.25) is 19.7 Å². The van der Waals surface area contributed by atoms with E-state index in [1.54, 1.807) is 34.4 Å². The number of nitrogens with zero attached hydrogens (tertiary/aromatic N) is 3. The molecule has 0 radical (unpaired) electrons. The number of amides is 1. The SMILES string of the molecule is O=C(OCC(=O)N1CCc2sccc2C1)C1CCN(c2ccccc2[N+](=O)[O-])CC1. The van der Waals surface area contributed by atoms with Crippen LogP contribution in [0.4, 0.5) is 11.4 Å². The molecular weight excluding hydrogens is 406 g/mol. The van der Waals surface area contributed by atoms with E-state index in [-0.39, 0.29) is 35.0 Å². The van der Waals surface area contributed by atoms with Crippen molar-refractivity contribution in [2.75, 3.05) is 31.1 Å². The van der Waals surface area contributed by atoms with Gasteiger partial charge in [-0.2, -0.15) is 0 Å². The quantitative estimate of drug-likeness (QED) is 0.412. The molecule has 30 heavy (non-hydrogen) atoms. The van der Waals surface area contributed by atoms with Crippen LogP contribution in [0.15, 0.2) is 35.7 Å². The number of fused-ring (bicyclic) bond motifs is 1. The standard InChI is InChI=1S/C21H23N3O5S/c25-20(23-11-7-19-16(13-23)8-12-30-19)14-29-21(26)15-5-9-22(10-6-15)17-3-1-2-4-18(17)24(27)28/h1-4,8,12,15H,5-7,9-11,13-14H2. The number of nitro groups is 1. The van der Waals surface area contributed by atoms with Crippen molar-refractivity contribution in [1.29, 1.82) is 0 Å². The number of rotatable bonds is 5. The fraction of sp³-hybridized carbons (Fsp3) is 0.429. The van der Waals surface area contributed by atoms with Crippen LogP contribution in [0.25, 0.3) is 0 Å². The van der Waals surface area contributed by atoms with Gasteiger partial charge in [-0.1, -0.05) is 12.1 Å². The second-order valence-electron chi connectivity index (χ2n) is 7.55. The number of para-hydroxylation sites is 2. The van der Waals surface area contributed by atoms with Crippen molar-refractivity contribution in [2.45, 2.75) is 25.8 Å². The van der Waals surface area contributed by atoms with Crippen LogP contribution < -0.4 is 4.90 Å². The first-order valence-electron chi connectivity index (χ1n) is 10.0. The molecule has 9 heteroatoms. The lowest BCUT2D eigenvalue weighted by Crippen LogP contribution is -2.40. The highest BCUT2D eigenvalue weighted by Crippen LogP contribution is 2.31.